The number of carbonyl (C=O) groups is 2. The second-order valence-electron chi connectivity index (χ2n) is 12.6. The summed E-state index contributed by atoms with van der Waals surface area (Å²) in [7, 11) is 0. The van der Waals surface area contributed by atoms with Crippen LogP contribution >= 0.6 is 17.0 Å². The van der Waals surface area contributed by atoms with E-state index in [1.54, 1.807) is 6.08 Å². The number of primary amides is 1. The highest BCUT2D eigenvalue weighted by atomic mass is 79.9. The highest BCUT2D eigenvalue weighted by molar-refractivity contribution is 8.93. The topological polar surface area (TPSA) is 96.0 Å². The molecular weight excluding hydrogens is 578 g/mol. The van der Waals surface area contributed by atoms with Crippen LogP contribution in [0, 0.1) is 11.8 Å². The van der Waals surface area contributed by atoms with E-state index in [0.29, 0.717) is 11.5 Å². The van der Waals surface area contributed by atoms with Crippen molar-refractivity contribution in [2.75, 3.05) is 19.6 Å². The third kappa shape index (κ3) is 11.6. The molecule has 0 bridgehead atoms. The molecule has 1 amide bonds. The quantitative estimate of drug-likeness (QED) is 0.204. The smallest absolute Gasteiger partial charge is 0.239 e. The fourth-order valence-electron chi connectivity index (χ4n) is 5.11. The zero-order valence-corrected chi connectivity index (χ0v) is 28.5. The molecular formula is C34H54BrN3O3. The Morgan fingerprint density at radius 2 is 1.63 bits per heavy atom. The molecule has 0 saturated carbocycles. The first-order chi connectivity index (χ1) is 18.6. The molecule has 41 heavy (non-hydrogen) atoms. The molecule has 0 aromatic heterocycles. The summed E-state index contributed by atoms with van der Waals surface area (Å²) in [4.78, 5) is 31.5. The van der Waals surface area contributed by atoms with Crippen LogP contribution in [0.5, 0.6) is 5.75 Å². The van der Waals surface area contributed by atoms with Gasteiger partial charge in [0.25, 0.3) is 0 Å². The molecule has 2 rings (SSSR count). The van der Waals surface area contributed by atoms with Crippen LogP contribution in [0.1, 0.15) is 103 Å². The molecule has 2 atom stereocenters. The van der Waals surface area contributed by atoms with Gasteiger partial charge >= 0.3 is 0 Å². The molecule has 1 saturated heterocycles. The van der Waals surface area contributed by atoms with E-state index < -0.39 is 5.91 Å². The van der Waals surface area contributed by atoms with Crippen LogP contribution in [0.3, 0.4) is 0 Å². The van der Waals surface area contributed by atoms with E-state index in [-0.39, 0.29) is 58.4 Å². The number of halogens is 1. The Bertz CT molecular complexity index is 1070. The molecule has 7 heteroatoms. The van der Waals surface area contributed by atoms with Crippen LogP contribution in [0.2, 0.25) is 0 Å². The summed E-state index contributed by atoms with van der Waals surface area (Å²) in [6.07, 6.45) is 12.5. The van der Waals surface area contributed by atoms with Crippen LogP contribution in [0.4, 0.5) is 0 Å². The Labute approximate surface area is 259 Å². The summed E-state index contributed by atoms with van der Waals surface area (Å²) in [5.74, 6) is 1.26. The van der Waals surface area contributed by atoms with Gasteiger partial charge in [-0.25, -0.2) is 0 Å². The van der Waals surface area contributed by atoms with E-state index in [1.165, 1.54) is 0 Å². The molecule has 1 fully saturated rings. The lowest BCUT2D eigenvalue weighted by atomic mass is 9.78. The zero-order chi connectivity index (χ0) is 30.7. The minimum atomic E-state index is -0.467. The van der Waals surface area contributed by atoms with Crippen molar-refractivity contribution in [1.82, 2.24) is 4.90 Å². The van der Waals surface area contributed by atoms with Crippen molar-refractivity contribution in [3.05, 3.63) is 65.8 Å². The molecule has 6 nitrogen and oxygen atoms in total. The van der Waals surface area contributed by atoms with Crippen molar-refractivity contribution in [2.24, 2.45) is 22.6 Å². The van der Waals surface area contributed by atoms with Gasteiger partial charge in [0.1, 0.15) is 18.1 Å². The standard InChI is InChI=1S/C27H43N3O3.C7H10.BrH/c1-9-11-17-15-30(25(19(17)10-2)29-14-23(28)32)16-22(31)18-12-20(26(3,4)5)24(33)21(13-18)27(6,7)8;1-3-5-7-6-4-2;/h12-13,17,19,33H,9-11,14-16H2,1-8H3,(H2,28,32);3-7H,1H2,2H3;1H/b;6-4-,7-5-;/t17-,19+;;/m0../s1. The first-order valence-corrected chi connectivity index (χ1v) is 14.5. The van der Waals surface area contributed by atoms with Gasteiger partial charge in [-0.3, -0.25) is 14.6 Å². The number of ketones is 1. The predicted molar refractivity (Wildman–Crippen MR) is 180 cm³/mol. The van der Waals surface area contributed by atoms with Crippen molar-refractivity contribution in [1.29, 1.82) is 0 Å². The fraction of sp³-hybridized carbons (Fsp3) is 0.559. The van der Waals surface area contributed by atoms with Gasteiger partial charge in [-0.15, -0.1) is 17.0 Å². The van der Waals surface area contributed by atoms with E-state index in [9.17, 15) is 14.7 Å². The monoisotopic (exact) mass is 631 g/mol. The van der Waals surface area contributed by atoms with E-state index in [2.05, 4.69) is 25.4 Å². The number of likely N-dealkylation sites (tertiary alicyclic amines) is 1. The highest BCUT2D eigenvalue weighted by Gasteiger charge is 2.38. The number of allylic oxidation sites excluding steroid dienone is 5. The van der Waals surface area contributed by atoms with Gasteiger partial charge in [0.2, 0.25) is 5.91 Å². The Morgan fingerprint density at radius 3 is 2.05 bits per heavy atom. The SMILES string of the molecule is Br.C=C/C=C\C=C/C.CCC[C@H]1CN(CC(=O)c2cc(C(C)(C)C)c(O)c(C(C)(C)C)c2)C(=NCC(N)=O)[C@@H]1CC. The first kappa shape index (κ1) is 38.3. The maximum absolute atomic E-state index is 13.5. The molecule has 3 N–H and O–H groups in total. The molecule has 0 spiro atoms. The van der Waals surface area contributed by atoms with Gasteiger partial charge in [-0.05, 0) is 48.6 Å². The van der Waals surface area contributed by atoms with E-state index in [4.69, 9.17) is 5.73 Å². The molecule has 1 aromatic carbocycles. The van der Waals surface area contributed by atoms with E-state index in [0.717, 1.165) is 42.8 Å². The number of Topliss-reactive ketones (excluding diaryl/α,β-unsaturated/α-hetero) is 1. The summed E-state index contributed by atoms with van der Waals surface area (Å²) >= 11 is 0. The van der Waals surface area contributed by atoms with Crippen molar-refractivity contribution in [3.63, 3.8) is 0 Å². The summed E-state index contributed by atoms with van der Waals surface area (Å²) in [5, 5.41) is 11.0. The molecule has 1 aliphatic rings. The van der Waals surface area contributed by atoms with Crippen molar-refractivity contribution < 1.29 is 14.7 Å². The Hall–Kier alpha value is -2.67. The Balaban J connectivity index is 0.00000177. The lowest BCUT2D eigenvalue weighted by Gasteiger charge is -2.28. The third-order valence-electron chi connectivity index (χ3n) is 7.11. The average Bonchev–Trinajstić information content (AvgIpc) is 3.17. The van der Waals surface area contributed by atoms with Gasteiger partial charge in [-0.2, -0.15) is 0 Å². The molecule has 0 unspecified atom stereocenters. The second kappa shape index (κ2) is 17.3. The largest absolute Gasteiger partial charge is 0.507 e. The number of aromatic hydroxyl groups is 1. The number of benzene rings is 1. The van der Waals surface area contributed by atoms with Crippen molar-refractivity contribution >= 4 is 34.5 Å². The summed E-state index contributed by atoms with van der Waals surface area (Å²) in [6, 6.07) is 3.67. The third-order valence-corrected chi connectivity index (χ3v) is 7.11. The fourth-order valence-corrected chi connectivity index (χ4v) is 5.11. The van der Waals surface area contributed by atoms with Crippen LogP contribution in [0.15, 0.2) is 54.1 Å². The number of amides is 1. The van der Waals surface area contributed by atoms with Gasteiger partial charge in [0, 0.05) is 29.2 Å². The first-order valence-electron chi connectivity index (χ1n) is 14.5. The van der Waals surface area contributed by atoms with Gasteiger partial charge in [-0.1, -0.05) is 98.8 Å². The number of rotatable bonds is 10. The number of phenolic OH excluding ortho intramolecular Hbond substituents is 1. The summed E-state index contributed by atoms with van der Waals surface area (Å²) < 4.78 is 0. The predicted octanol–water partition coefficient (Wildman–Crippen LogP) is 7.69. The number of carbonyl (C=O) groups excluding carboxylic acids is 2. The van der Waals surface area contributed by atoms with Gasteiger partial charge < -0.3 is 15.7 Å². The van der Waals surface area contributed by atoms with Crippen molar-refractivity contribution in [2.45, 2.75) is 92.4 Å². The maximum atomic E-state index is 13.5. The van der Waals surface area contributed by atoms with Crippen LogP contribution in [0.25, 0.3) is 0 Å². The summed E-state index contributed by atoms with van der Waals surface area (Å²) in [5.41, 5.74) is 6.91. The summed E-state index contributed by atoms with van der Waals surface area (Å²) in [6.45, 7) is 22.9. The molecule has 0 radical (unpaired) electrons. The van der Waals surface area contributed by atoms with Crippen molar-refractivity contribution in [3.8, 4) is 5.75 Å². The maximum Gasteiger partial charge on any atom is 0.239 e. The number of nitrogens with two attached hydrogens (primary N) is 1. The number of aliphatic imine (C=N–C) groups is 1. The Kier molecular flexibility index (Phi) is 16.2. The number of nitrogens with zero attached hydrogens (tertiary/aromatic N) is 2. The normalized spacial score (nSPS) is 18.4. The average molecular weight is 633 g/mol. The minimum Gasteiger partial charge on any atom is -0.507 e. The Morgan fingerprint density at radius 1 is 1.07 bits per heavy atom. The van der Waals surface area contributed by atoms with Crippen LogP contribution in [-0.4, -0.2) is 47.2 Å². The van der Waals surface area contributed by atoms with E-state index >= 15 is 0 Å². The number of amidine groups is 1. The highest BCUT2D eigenvalue weighted by Crippen LogP contribution is 2.40. The number of phenols is 1. The molecule has 1 aromatic rings. The lowest BCUT2D eigenvalue weighted by Crippen LogP contribution is -2.34. The molecule has 230 valence electrons. The molecule has 0 aliphatic carbocycles. The zero-order valence-electron chi connectivity index (χ0n) is 26.8. The van der Waals surface area contributed by atoms with E-state index in [1.807, 2.05) is 89.8 Å². The number of hydrogen-bond acceptors (Lipinski definition) is 4. The van der Waals surface area contributed by atoms with Crippen LogP contribution in [-0.2, 0) is 15.6 Å². The van der Waals surface area contributed by atoms with Gasteiger partial charge in [0.05, 0.1) is 6.54 Å². The van der Waals surface area contributed by atoms with Crippen LogP contribution < -0.4 is 5.73 Å². The number of hydrogen-bond donors (Lipinski definition) is 2. The van der Waals surface area contributed by atoms with Gasteiger partial charge in [0.15, 0.2) is 5.78 Å². The second-order valence-corrected chi connectivity index (χ2v) is 12.6. The molecule has 1 aliphatic heterocycles. The lowest BCUT2D eigenvalue weighted by molar-refractivity contribution is -0.116. The minimum absolute atomic E-state index is 0. The molecule has 1 heterocycles.